The summed E-state index contributed by atoms with van der Waals surface area (Å²) in [7, 11) is -7.75. The van der Waals surface area contributed by atoms with Gasteiger partial charge < -0.3 is 9.05 Å². The first-order chi connectivity index (χ1) is 17.6. The highest BCUT2D eigenvalue weighted by molar-refractivity contribution is 9.11. The second kappa shape index (κ2) is 12.3. The molecule has 4 rings (SSSR count). The highest BCUT2D eigenvalue weighted by atomic mass is 79.9. The van der Waals surface area contributed by atoms with Crippen LogP contribution in [0.3, 0.4) is 0 Å². The van der Waals surface area contributed by atoms with Gasteiger partial charge in [0.05, 0.1) is 21.4 Å². The maximum atomic E-state index is 12.1. The first-order valence-electron chi connectivity index (χ1n) is 9.81. The molecule has 10 nitrogen and oxygen atoms in total. The molecular formula is C20H14Br2Cl4N4O6S2. The average molecular weight is 772 g/mol. The molecule has 0 bridgehead atoms. The Hall–Kier alpha value is -1.52. The number of hydrogen-bond donors (Lipinski definition) is 2. The molecule has 0 fully saturated rings. The lowest BCUT2D eigenvalue weighted by Crippen LogP contribution is -2.13. The summed E-state index contributed by atoms with van der Waals surface area (Å²) in [6.45, 7) is 3.33. The molecule has 0 aliphatic carbocycles. The molecule has 204 valence electrons. The molecular weight excluding hydrogens is 758 g/mol. The van der Waals surface area contributed by atoms with Gasteiger partial charge in [-0.2, -0.15) is 0 Å². The van der Waals surface area contributed by atoms with Crippen molar-refractivity contribution in [1.82, 2.24) is 10.3 Å². The molecule has 0 saturated carbocycles. The van der Waals surface area contributed by atoms with Crippen LogP contribution in [0.15, 0.2) is 64.2 Å². The number of rotatable bonds is 6. The van der Waals surface area contributed by atoms with E-state index in [1.807, 2.05) is 0 Å². The van der Waals surface area contributed by atoms with Crippen LogP contribution in [-0.2, 0) is 20.0 Å². The number of nitrogens with zero attached hydrogens (tertiary/aromatic N) is 2. The van der Waals surface area contributed by atoms with E-state index in [4.69, 9.17) is 55.4 Å². The lowest BCUT2D eigenvalue weighted by Gasteiger charge is -2.07. The number of sulfonamides is 2. The largest absolute Gasteiger partial charge is 0.336 e. The first kappa shape index (κ1) is 31.0. The Kier molecular flexibility index (Phi) is 10.1. The number of aromatic nitrogens is 2. The standard InChI is InChI=1S/2C10H7BrCl2N2O3S/c2*1-5-9(11)10(18-14-5)15-19(16,17)8-3-2-6(12)4-7(8)13/h2*2-4,15H,1H3. The average Bonchev–Trinajstić information content (AvgIpc) is 3.29. The van der Waals surface area contributed by atoms with Crippen molar-refractivity contribution >= 4 is 110 Å². The van der Waals surface area contributed by atoms with E-state index < -0.39 is 20.0 Å². The van der Waals surface area contributed by atoms with Crippen LogP contribution in [-0.4, -0.2) is 27.1 Å². The van der Waals surface area contributed by atoms with Gasteiger partial charge in [-0.15, -0.1) is 0 Å². The van der Waals surface area contributed by atoms with E-state index in [1.54, 1.807) is 13.8 Å². The van der Waals surface area contributed by atoms with E-state index in [1.165, 1.54) is 36.4 Å². The minimum Gasteiger partial charge on any atom is -0.336 e. The Balaban J connectivity index is 0.000000211. The van der Waals surface area contributed by atoms with Crippen molar-refractivity contribution in [2.24, 2.45) is 0 Å². The fourth-order valence-corrected chi connectivity index (χ4v) is 6.87. The van der Waals surface area contributed by atoms with Gasteiger partial charge >= 0.3 is 0 Å². The molecule has 0 amide bonds. The van der Waals surface area contributed by atoms with Gasteiger partial charge in [0, 0.05) is 10.0 Å². The molecule has 2 N–H and O–H groups in total. The van der Waals surface area contributed by atoms with Crippen molar-refractivity contribution in [3.63, 3.8) is 0 Å². The quantitative estimate of drug-likeness (QED) is 0.203. The van der Waals surface area contributed by atoms with Crippen LogP contribution >= 0.6 is 78.3 Å². The second-order valence-corrected chi connectivity index (χ2v) is 13.8. The SMILES string of the molecule is Cc1noc(NS(=O)(=O)c2ccc(Cl)cc2Cl)c1Br.Cc1noc(NS(=O)(=O)c2ccc(Cl)cc2Cl)c1Br. The van der Waals surface area contributed by atoms with Gasteiger partial charge in [0.15, 0.2) is 0 Å². The summed E-state index contributed by atoms with van der Waals surface area (Å²) in [5.74, 6) is -0.0213. The van der Waals surface area contributed by atoms with Crippen molar-refractivity contribution in [2.75, 3.05) is 9.44 Å². The van der Waals surface area contributed by atoms with Crippen LogP contribution < -0.4 is 9.44 Å². The summed E-state index contributed by atoms with van der Waals surface area (Å²) >= 11 is 29.5. The van der Waals surface area contributed by atoms with Crippen molar-refractivity contribution < 1.29 is 25.9 Å². The van der Waals surface area contributed by atoms with Gasteiger partial charge in [-0.3, -0.25) is 0 Å². The third-order valence-electron chi connectivity index (χ3n) is 4.40. The van der Waals surface area contributed by atoms with Crippen molar-refractivity contribution in [3.8, 4) is 0 Å². The van der Waals surface area contributed by atoms with E-state index in [-0.39, 0.29) is 31.6 Å². The van der Waals surface area contributed by atoms with Crippen LogP contribution in [0.5, 0.6) is 0 Å². The lowest BCUT2D eigenvalue weighted by molar-refractivity contribution is 0.430. The summed E-state index contributed by atoms with van der Waals surface area (Å²) in [6, 6.07) is 8.18. The highest BCUT2D eigenvalue weighted by Gasteiger charge is 2.23. The number of halogens is 6. The van der Waals surface area contributed by atoms with E-state index in [0.29, 0.717) is 30.4 Å². The Bertz CT molecular complexity index is 1590. The van der Waals surface area contributed by atoms with Gasteiger partial charge in [0.2, 0.25) is 0 Å². The van der Waals surface area contributed by atoms with Crippen molar-refractivity contribution in [2.45, 2.75) is 23.6 Å². The Morgan fingerprint density at radius 3 is 1.29 bits per heavy atom. The van der Waals surface area contributed by atoms with Gasteiger partial charge in [-0.1, -0.05) is 56.7 Å². The van der Waals surface area contributed by atoms with Crippen molar-refractivity contribution in [3.05, 3.63) is 76.8 Å². The molecule has 0 atom stereocenters. The predicted octanol–water partition coefficient (Wildman–Crippen LogP) is 7.71. The third kappa shape index (κ3) is 7.36. The monoisotopic (exact) mass is 768 g/mol. The predicted molar refractivity (Wildman–Crippen MR) is 152 cm³/mol. The highest BCUT2D eigenvalue weighted by Crippen LogP contribution is 2.32. The molecule has 2 heterocycles. The van der Waals surface area contributed by atoms with Crippen LogP contribution in [0.25, 0.3) is 0 Å². The molecule has 2 aromatic carbocycles. The van der Waals surface area contributed by atoms with Gasteiger partial charge in [-0.25, -0.2) is 26.3 Å². The minimum absolute atomic E-state index is 0.0106. The Morgan fingerprint density at radius 2 is 1.03 bits per heavy atom. The van der Waals surface area contributed by atoms with Crippen LogP contribution in [0.4, 0.5) is 11.8 Å². The molecule has 0 radical (unpaired) electrons. The number of benzene rings is 2. The Labute approximate surface area is 254 Å². The molecule has 0 unspecified atom stereocenters. The zero-order valence-electron chi connectivity index (χ0n) is 18.9. The zero-order chi connectivity index (χ0) is 28.4. The van der Waals surface area contributed by atoms with Crippen molar-refractivity contribution in [1.29, 1.82) is 0 Å². The van der Waals surface area contributed by atoms with Crippen LogP contribution in [0, 0.1) is 13.8 Å². The maximum absolute atomic E-state index is 12.1. The summed E-state index contributed by atoms with van der Waals surface area (Å²) in [6.07, 6.45) is 0. The molecule has 0 spiro atoms. The van der Waals surface area contributed by atoms with E-state index in [2.05, 4.69) is 51.6 Å². The number of nitrogens with one attached hydrogen (secondary N) is 2. The fraction of sp³-hybridized carbons (Fsp3) is 0.100. The molecule has 0 aliphatic heterocycles. The van der Waals surface area contributed by atoms with Crippen LogP contribution in [0.1, 0.15) is 11.4 Å². The third-order valence-corrected chi connectivity index (χ3v) is 10.4. The summed E-state index contributed by atoms with van der Waals surface area (Å²) in [5.41, 5.74) is 1.06. The molecule has 4 aromatic rings. The second-order valence-electron chi connectivity index (χ2n) is 7.18. The zero-order valence-corrected chi connectivity index (χ0v) is 26.7. The van der Waals surface area contributed by atoms with Gasteiger partial charge in [-0.05, 0) is 82.1 Å². The summed E-state index contributed by atoms with van der Waals surface area (Å²) in [5, 5.41) is 7.99. The summed E-state index contributed by atoms with van der Waals surface area (Å²) in [4.78, 5) is -0.195. The number of hydrogen-bond acceptors (Lipinski definition) is 8. The summed E-state index contributed by atoms with van der Waals surface area (Å²) < 4.78 is 63.7. The molecule has 2 aromatic heterocycles. The lowest BCUT2D eigenvalue weighted by atomic mass is 10.4. The molecule has 0 saturated heterocycles. The van der Waals surface area contributed by atoms with E-state index >= 15 is 0 Å². The maximum Gasteiger partial charge on any atom is 0.265 e. The molecule has 18 heteroatoms. The van der Waals surface area contributed by atoms with Gasteiger partial charge in [0.25, 0.3) is 31.8 Å². The number of aryl methyl sites for hydroxylation is 2. The number of anilines is 2. The normalized spacial score (nSPS) is 11.6. The Morgan fingerprint density at radius 1 is 0.684 bits per heavy atom. The smallest absolute Gasteiger partial charge is 0.265 e. The van der Waals surface area contributed by atoms with Gasteiger partial charge in [0.1, 0.15) is 18.7 Å². The minimum atomic E-state index is -3.87. The fourth-order valence-electron chi connectivity index (χ4n) is 2.58. The first-order valence-corrected chi connectivity index (χ1v) is 15.9. The molecule has 0 aliphatic rings. The van der Waals surface area contributed by atoms with E-state index in [9.17, 15) is 16.8 Å². The van der Waals surface area contributed by atoms with E-state index in [0.717, 1.165) is 0 Å². The van der Waals surface area contributed by atoms with Crippen LogP contribution in [0.2, 0.25) is 20.1 Å². The topological polar surface area (TPSA) is 144 Å². The molecule has 38 heavy (non-hydrogen) atoms.